The summed E-state index contributed by atoms with van der Waals surface area (Å²) in [6.07, 6.45) is 0.650. The lowest BCUT2D eigenvalue weighted by atomic mass is 10.1. The van der Waals surface area contributed by atoms with Crippen LogP contribution in [0, 0.1) is 6.92 Å². The Labute approximate surface area is 175 Å². The van der Waals surface area contributed by atoms with Gasteiger partial charge in [-0.1, -0.05) is 17.4 Å². The van der Waals surface area contributed by atoms with Gasteiger partial charge in [-0.15, -0.1) is 0 Å². The summed E-state index contributed by atoms with van der Waals surface area (Å²) in [4.78, 5) is 24.8. The topological polar surface area (TPSA) is 114 Å². The summed E-state index contributed by atoms with van der Waals surface area (Å²) in [5.74, 6) is 1.11. The number of aryl methyl sites for hydroxylation is 1. The molecule has 9 heteroatoms. The molecule has 1 aliphatic heterocycles. The lowest BCUT2D eigenvalue weighted by Gasteiger charge is -2.14. The van der Waals surface area contributed by atoms with Crippen LogP contribution in [0.1, 0.15) is 36.8 Å². The van der Waals surface area contributed by atoms with Crippen molar-refractivity contribution in [1.29, 1.82) is 0 Å². The van der Waals surface area contributed by atoms with E-state index in [9.17, 15) is 4.79 Å². The number of nitrogen functional groups attached to an aromatic ring is 1. The van der Waals surface area contributed by atoms with E-state index in [0.29, 0.717) is 30.3 Å². The van der Waals surface area contributed by atoms with Gasteiger partial charge in [-0.25, -0.2) is 9.98 Å². The quantitative estimate of drug-likeness (QED) is 0.647. The summed E-state index contributed by atoms with van der Waals surface area (Å²) in [5.41, 5.74) is 9.45. The van der Waals surface area contributed by atoms with Crippen LogP contribution in [-0.2, 0) is 9.53 Å². The molecule has 0 atom stereocenters. The lowest BCUT2D eigenvalue weighted by Crippen LogP contribution is -2.15. The highest BCUT2D eigenvalue weighted by molar-refractivity contribution is 7.18. The van der Waals surface area contributed by atoms with E-state index >= 15 is 0 Å². The number of nitrogens with zero attached hydrogens (tertiary/aromatic N) is 3. The maximum atomic E-state index is 10.6. The largest absolute Gasteiger partial charge is 0.382 e. The molecule has 29 heavy (non-hydrogen) atoms. The molecule has 0 unspecified atom stereocenters. The maximum absolute atomic E-state index is 10.6. The number of hydrogen-bond acceptors (Lipinski definition) is 8. The van der Waals surface area contributed by atoms with Crippen LogP contribution in [0.4, 0.5) is 16.6 Å². The van der Waals surface area contributed by atoms with Crippen molar-refractivity contribution in [2.45, 2.75) is 33.3 Å². The Balaban J connectivity index is 0.000000438. The van der Waals surface area contributed by atoms with Crippen molar-refractivity contribution < 1.29 is 9.53 Å². The summed E-state index contributed by atoms with van der Waals surface area (Å²) >= 11 is 1.46. The number of aliphatic imine (C=N–C) groups is 2. The Hall–Kier alpha value is -2.78. The summed E-state index contributed by atoms with van der Waals surface area (Å²) < 4.78 is 4.94. The van der Waals surface area contributed by atoms with E-state index in [-0.39, 0.29) is 5.60 Å². The third kappa shape index (κ3) is 6.10. The first-order chi connectivity index (χ1) is 13.7. The number of amides is 1. The molecule has 0 radical (unpaired) electrons. The second-order valence-corrected chi connectivity index (χ2v) is 8.29. The van der Waals surface area contributed by atoms with Crippen molar-refractivity contribution in [2.24, 2.45) is 9.98 Å². The predicted octanol–water partition coefficient (Wildman–Crippen LogP) is 3.32. The zero-order valence-electron chi connectivity index (χ0n) is 17.7. The number of anilines is 3. The molecule has 8 nitrogen and oxygen atoms in total. The number of amidine groups is 1. The summed E-state index contributed by atoms with van der Waals surface area (Å²) in [7, 11) is 3.51. The van der Waals surface area contributed by atoms with Gasteiger partial charge in [-0.2, -0.15) is 0 Å². The highest BCUT2D eigenvalue weighted by Gasteiger charge is 2.20. The molecule has 0 spiro atoms. The average Bonchev–Trinajstić information content (AvgIpc) is 3.30. The Morgan fingerprint density at radius 1 is 1.31 bits per heavy atom. The SMILES string of the molecule is CNc1nc(N)c(C2=NC(c3cc(NC=O)ccc3C)=NC2)s1.COC(C)(C)C. The molecule has 4 N–H and O–H groups in total. The molecule has 156 valence electrons. The van der Waals surface area contributed by atoms with Crippen LogP contribution in [-0.4, -0.2) is 49.2 Å². The highest BCUT2D eigenvalue weighted by Crippen LogP contribution is 2.28. The van der Waals surface area contributed by atoms with Gasteiger partial charge < -0.3 is 21.1 Å². The van der Waals surface area contributed by atoms with Crippen molar-refractivity contribution in [3.63, 3.8) is 0 Å². The van der Waals surface area contributed by atoms with Crippen molar-refractivity contribution in [3.8, 4) is 0 Å². The van der Waals surface area contributed by atoms with Crippen molar-refractivity contribution in [1.82, 2.24) is 4.98 Å². The number of rotatable bonds is 5. The molecule has 0 saturated carbocycles. The summed E-state index contributed by atoms with van der Waals surface area (Å²) in [6, 6.07) is 5.63. The van der Waals surface area contributed by atoms with E-state index in [1.54, 1.807) is 14.2 Å². The number of carbonyl (C=O) groups excluding carboxylic acids is 1. The molecule has 1 aromatic heterocycles. The minimum Gasteiger partial charge on any atom is -0.382 e. The van der Waals surface area contributed by atoms with Gasteiger partial charge >= 0.3 is 0 Å². The van der Waals surface area contributed by atoms with E-state index in [4.69, 9.17) is 10.5 Å². The first kappa shape index (κ1) is 22.5. The van der Waals surface area contributed by atoms with Gasteiger partial charge in [0.25, 0.3) is 0 Å². The minimum atomic E-state index is 0.0417. The fraction of sp³-hybridized carbons (Fsp3) is 0.400. The third-order valence-electron chi connectivity index (χ3n) is 4.07. The zero-order valence-corrected chi connectivity index (χ0v) is 18.5. The fourth-order valence-electron chi connectivity index (χ4n) is 2.28. The molecular weight excluding hydrogens is 388 g/mol. The van der Waals surface area contributed by atoms with E-state index < -0.39 is 0 Å². The second kappa shape index (κ2) is 9.62. The van der Waals surface area contributed by atoms with Crippen LogP contribution in [0.2, 0.25) is 0 Å². The Bertz CT molecular complexity index is 928. The number of benzene rings is 1. The molecule has 1 amide bonds. The van der Waals surface area contributed by atoms with Gasteiger partial charge in [-0.05, 0) is 45.4 Å². The highest BCUT2D eigenvalue weighted by atomic mass is 32.1. The van der Waals surface area contributed by atoms with Crippen molar-refractivity contribution >= 4 is 45.9 Å². The number of nitrogens with two attached hydrogens (primary N) is 1. The van der Waals surface area contributed by atoms with Gasteiger partial charge in [0.15, 0.2) is 11.0 Å². The van der Waals surface area contributed by atoms with E-state index in [1.165, 1.54) is 11.3 Å². The van der Waals surface area contributed by atoms with Crippen molar-refractivity contribution in [2.75, 3.05) is 37.1 Å². The zero-order chi connectivity index (χ0) is 21.6. The Kier molecular flexibility index (Phi) is 7.46. The third-order valence-corrected chi connectivity index (χ3v) is 5.20. The standard InChI is InChI=1S/C15H16N6OS.C5H12O/c1-8-3-4-9(19-7-22)5-10(8)14-18-6-11(20-14)12-13(16)21-15(17-2)23-12;1-5(2,3)6-4/h3-5,7H,6,16H2,1-2H3,(H,17,21)(H,19,22);1-4H3. The fourth-order valence-corrected chi connectivity index (χ4v) is 3.10. The number of ether oxygens (including phenoxy) is 1. The average molecular weight is 417 g/mol. The lowest BCUT2D eigenvalue weighted by molar-refractivity contribution is -0.105. The second-order valence-electron chi connectivity index (χ2n) is 7.29. The molecule has 0 aliphatic carbocycles. The van der Waals surface area contributed by atoms with E-state index in [1.807, 2.05) is 45.9 Å². The van der Waals surface area contributed by atoms with Crippen LogP contribution >= 0.6 is 11.3 Å². The number of aromatic nitrogens is 1. The van der Waals surface area contributed by atoms with Crippen LogP contribution in [0.5, 0.6) is 0 Å². The molecule has 2 aromatic rings. The van der Waals surface area contributed by atoms with Gasteiger partial charge in [0, 0.05) is 25.4 Å². The molecular formula is C20H28N6O2S. The molecule has 0 fully saturated rings. The maximum Gasteiger partial charge on any atom is 0.211 e. The monoisotopic (exact) mass is 416 g/mol. The number of thiazole rings is 1. The molecule has 0 saturated heterocycles. The molecule has 1 aliphatic rings. The minimum absolute atomic E-state index is 0.0417. The first-order valence-electron chi connectivity index (χ1n) is 9.11. The Morgan fingerprint density at radius 3 is 2.55 bits per heavy atom. The van der Waals surface area contributed by atoms with Crippen LogP contribution in [0.15, 0.2) is 28.2 Å². The first-order valence-corrected chi connectivity index (χ1v) is 9.93. The number of methoxy groups -OCH3 is 1. The smallest absolute Gasteiger partial charge is 0.211 e. The number of hydrogen-bond donors (Lipinski definition) is 3. The number of nitrogens with one attached hydrogen (secondary N) is 2. The van der Waals surface area contributed by atoms with E-state index in [0.717, 1.165) is 26.8 Å². The van der Waals surface area contributed by atoms with E-state index in [2.05, 4.69) is 25.6 Å². The van der Waals surface area contributed by atoms with Gasteiger partial charge in [-0.3, -0.25) is 9.79 Å². The van der Waals surface area contributed by atoms with Gasteiger partial charge in [0.05, 0.1) is 22.7 Å². The molecule has 1 aromatic carbocycles. The Morgan fingerprint density at radius 2 is 2.00 bits per heavy atom. The van der Waals surface area contributed by atoms with Gasteiger partial charge in [0.1, 0.15) is 5.82 Å². The van der Waals surface area contributed by atoms with Crippen molar-refractivity contribution in [3.05, 3.63) is 34.2 Å². The van der Waals surface area contributed by atoms with Crippen LogP contribution < -0.4 is 16.4 Å². The molecule has 3 rings (SSSR count). The summed E-state index contributed by atoms with van der Waals surface area (Å²) in [6.45, 7) is 8.51. The number of carbonyl (C=O) groups is 1. The van der Waals surface area contributed by atoms with Gasteiger partial charge in [0.2, 0.25) is 6.41 Å². The summed E-state index contributed by atoms with van der Waals surface area (Å²) in [5, 5.41) is 6.37. The van der Waals surface area contributed by atoms with Crippen LogP contribution in [0.25, 0.3) is 0 Å². The van der Waals surface area contributed by atoms with Crippen LogP contribution in [0.3, 0.4) is 0 Å². The molecule has 2 heterocycles. The normalized spacial score (nSPS) is 13.2. The molecule has 0 bridgehead atoms. The predicted molar refractivity (Wildman–Crippen MR) is 122 cm³/mol.